The molecule has 0 unspecified atom stereocenters. The van der Waals surface area contributed by atoms with Gasteiger partial charge in [-0.05, 0) is 38.0 Å². The fourth-order valence-electron chi connectivity index (χ4n) is 2.97. The zero-order valence-electron chi connectivity index (χ0n) is 15.8. The van der Waals surface area contributed by atoms with Crippen molar-refractivity contribution in [2.75, 3.05) is 20.1 Å². The standard InChI is InChI=1S/C17H32N6O.HI/c1-14(2)8-6-10-19-16(18-3)20-11-7-13-23-17(24)22-12-5-4-9-15(22)21-23;/h14H,4-13H2,1-3H3,(H2,18,19,20);1H. The molecule has 0 saturated heterocycles. The maximum absolute atomic E-state index is 12.2. The number of aryl methyl sites for hydroxylation is 2. The van der Waals surface area contributed by atoms with Crippen molar-refractivity contribution in [3.8, 4) is 0 Å². The normalized spacial score (nSPS) is 14.2. The molecule has 8 heteroatoms. The minimum atomic E-state index is 0. The minimum absolute atomic E-state index is 0. The highest BCUT2D eigenvalue weighted by atomic mass is 127. The summed E-state index contributed by atoms with van der Waals surface area (Å²) in [5, 5.41) is 11.1. The predicted molar refractivity (Wildman–Crippen MR) is 113 cm³/mol. The van der Waals surface area contributed by atoms with E-state index in [0.29, 0.717) is 6.54 Å². The first-order valence-electron chi connectivity index (χ1n) is 9.23. The van der Waals surface area contributed by atoms with E-state index < -0.39 is 0 Å². The van der Waals surface area contributed by atoms with E-state index in [0.717, 1.165) is 69.4 Å². The quantitative estimate of drug-likeness (QED) is 0.267. The number of nitrogens with one attached hydrogen (secondary N) is 2. The number of nitrogens with zero attached hydrogens (tertiary/aromatic N) is 4. The molecule has 0 aliphatic carbocycles. The Bertz CT molecular complexity index is 592. The summed E-state index contributed by atoms with van der Waals surface area (Å²) >= 11 is 0. The lowest BCUT2D eigenvalue weighted by molar-refractivity contribution is 0.509. The number of guanidine groups is 1. The lowest BCUT2D eigenvalue weighted by Crippen LogP contribution is -2.38. The summed E-state index contributed by atoms with van der Waals surface area (Å²) < 4.78 is 3.44. The molecule has 1 aliphatic heterocycles. The van der Waals surface area contributed by atoms with E-state index in [1.54, 1.807) is 11.7 Å². The van der Waals surface area contributed by atoms with Crippen molar-refractivity contribution < 1.29 is 0 Å². The number of fused-ring (bicyclic) bond motifs is 1. The van der Waals surface area contributed by atoms with Crippen LogP contribution in [0.25, 0.3) is 0 Å². The Kier molecular flexibility index (Phi) is 10.1. The summed E-state index contributed by atoms with van der Waals surface area (Å²) in [7, 11) is 1.78. The van der Waals surface area contributed by atoms with Crippen molar-refractivity contribution in [2.24, 2.45) is 10.9 Å². The average molecular weight is 464 g/mol. The van der Waals surface area contributed by atoms with E-state index in [-0.39, 0.29) is 29.7 Å². The van der Waals surface area contributed by atoms with Gasteiger partial charge < -0.3 is 10.6 Å². The molecule has 0 atom stereocenters. The second kappa shape index (κ2) is 11.5. The summed E-state index contributed by atoms with van der Waals surface area (Å²) in [4.78, 5) is 16.5. The summed E-state index contributed by atoms with van der Waals surface area (Å²) in [5.41, 5.74) is 0.0425. The Morgan fingerprint density at radius 3 is 2.60 bits per heavy atom. The van der Waals surface area contributed by atoms with E-state index >= 15 is 0 Å². The minimum Gasteiger partial charge on any atom is -0.356 e. The SMILES string of the molecule is CN=C(NCCCC(C)C)NCCCn1nc2n(c1=O)CCCC2.I. The van der Waals surface area contributed by atoms with Crippen molar-refractivity contribution in [2.45, 2.75) is 65.5 Å². The third-order valence-corrected chi connectivity index (χ3v) is 4.34. The molecule has 1 aliphatic rings. The topological polar surface area (TPSA) is 76.2 Å². The van der Waals surface area contributed by atoms with Crippen LogP contribution in [0.15, 0.2) is 9.79 Å². The van der Waals surface area contributed by atoms with E-state index in [4.69, 9.17) is 0 Å². The van der Waals surface area contributed by atoms with Crippen molar-refractivity contribution in [3.63, 3.8) is 0 Å². The van der Waals surface area contributed by atoms with Gasteiger partial charge in [0.15, 0.2) is 5.96 Å². The van der Waals surface area contributed by atoms with Crippen LogP contribution < -0.4 is 16.3 Å². The molecule has 0 fully saturated rings. The highest BCUT2D eigenvalue weighted by Crippen LogP contribution is 2.09. The zero-order chi connectivity index (χ0) is 17.4. The van der Waals surface area contributed by atoms with Gasteiger partial charge in [-0.2, -0.15) is 5.10 Å². The van der Waals surface area contributed by atoms with Gasteiger partial charge in [0.2, 0.25) is 0 Å². The highest BCUT2D eigenvalue weighted by molar-refractivity contribution is 14.0. The van der Waals surface area contributed by atoms with Gasteiger partial charge in [0, 0.05) is 39.6 Å². The van der Waals surface area contributed by atoms with Crippen molar-refractivity contribution in [1.82, 2.24) is 25.0 Å². The summed E-state index contributed by atoms with van der Waals surface area (Å²) in [6.07, 6.45) is 6.36. The molecule has 0 bridgehead atoms. The molecular weight excluding hydrogens is 431 g/mol. The van der Waals surface area contributed by atoms with Gasteiger partial charge in [-0.15, -0.1) is 24.0 Å². The Balaban J connectivity index is 0.00000312. The molecule has 1 aromatic rings. The monoisotopic (exact) mass is 464 g/mol. The first-order chi connectivity index (χ1) is 11.6. The smallest absolute Gasteiger partial charge is 0.345 e. The highest BCUT2D eigenvalue weighted by Gasteiger charge is 2.16. The summed E-state index contributed by atoms with van der Waals surface area (Å²) in [5.74, 6) is 2.51. The van der Waals surface area contributed by atoms with Gasteiger partial charge in [0.1, 0.15) is 5.82 Å². The van der Waals surface area contributed by atoms with Crippen LogP contribution in [-0.2, 0) is 19.5 Å². The molecule has 25 heavy (non-hydrogen) atoms. The number of hydrogen-bond donors (Lipinski definition) is 2. The fourth-order valence-corrected chi connectivity index (χ4v) is 2.97. The van der Waals surface area contributed by atoms with Crippen molar-refractivity contribution >= 4 is 29.9 Å². The fraction of sp³-hybridized carbons (Fsp3) is 0.824. The summed E-state index contributed by atoms with van der Waals surface area (Å²) in [6.45, 7) is 7.66. The second-order valence-corrected chi connectivity index (χ2v) is 6.85. The zero-order valence-corrected chi connectivity index (χ0v) is 18.1. The molecule has 2 heterocycles. The van der Waals surface area contributed by atoms with E-state index in [1.165, 1.54) is 6.42 Å². The van der Waals surface area contributed by atoms with Crippen LogP contribution in [0.1, 0.15) is 51.8 Å². The second-order valence-electron chi connectivity index (χ2n) is 6.85. The number of aromatic nitrogens is 3. The van der Waals surface area contributed by atoms with Crippen molar-refractivity contribution in [1.29, 1.82) is 0 Å². The molecular formula is C17H33IN6O. The number of rotatable bonds is 8. The third-order valence-electron chi connectivity index (χ3n) is 4.34. The van der Waals surface area contributed by atoms with E-state index in [1.807, 2.05) is 4.57 Å². The van der Waals surface area contributed by atoms with Gasteiger partial charge in [-0.1, -0.05) is 13.8 Å². The molecule has 0 spiro atoms. The lowest BCUT2D eigenvalue weighted by Gasteiger charge is -2.12. The summed E-state index contributed by atoms with van der Waals surface area (Å²) in [6, 6.07) is 0. The first-order valence-corrected chi connectivity index (χ1v) is 9.23. The molecule has 0 aromatic carbocycles. The van der Waals surface area contributed by atoms with Crippen LogP contribution in [-0.4, -0.2) is 40.4 Å². The molecule has 144 valence electrons. The van der Waals surface area contributed by atoms with Crippen LogP contribution in [0.5, 0.6) is 0 Å². The Morgan fingerprint density at radius 1 is 1.24 bits per heavy atom. The molecule has 1 aromatic heterocycles. The molecule has 0 amide bonds. The molecule has 2 rings (SSSR count). The van der Waals surface area contributed by atoms with Crippen LogP contribution in [0.2, 0.25) is 0 Å². The maximum atomic E-state index is 12.2. The van der Waals surface area contributed by atoms with Gasteiger partial charge in [-0.3, -0.25) is 9.56 Å². The maximum Gasteiger partial charge on any atom is 0.345 e. The first kappa shape index (κ1) is 22.0. The Labute approximate surface area is 167 Å². The van der Waals surface area contributed by atoms with Crippen molar-refractivity contribution in [3.05, 3.63) is 16.3 Å². The van der Waals surface area contributed by atoms with Gasteiger partial charge in [0.25, 0.3) is 0 Å². The van der Waals surface area contributed by atoms with Crippen LogP contribution >= 0.6 is 24.0 Å². The Hall–Kier alpha value is -1.06. The number of halogens is 1. The third kappa shape index (κ3) is 6.99. The molecule has 0 saturated carbocycles. The Morgan fingerprint density at radius 2 is 1.96 bits per heavy atom. The van der Waals surface area contributed by atoms with Gasteiger partial charge in [0.05, 0.1) is 0 Å². The number of aliphatic imine (C=N–C) groups is 1. The van der Waals surface area contributed by atoms with Gasteiger partial charge >= 0.3 is 5.69 Å². The molecule has 7 nitrogen and oxygen atoms in total. The van der Waals surface area contributed by atoms with E-state index in [2.05, 4.69) is 34.6 Å². The number of hydrogen-bond acceptors (Lipinski definition) is 3. The van der Waals surface area contributed by atoms with Crippen LogP contribution in [0.4, 0.5) is 0 Å². The average Bonchev–Trinajstić information content (AvgIpc) is 2.89. The van der Waals surface area contributed by atoms with Crippen LogP contribution in [0, 0.1) is 5.92 Å². The van der Waals surface area contributed by atoms with E-state index in [9.17, 15) is 4.79 Å². The lowest BCUT2D eigenvalue weighted by atomic mass is 10.1. The molecule has 2 N–H and O–H groups in total. The van der Waals surface area contributed by atoms with Gasteiger partial charge in [-0.25, -0.2) is 9.48 Å². The largest absolute Gasteiger partial charge is 0.356 e. The molecule has 0 radical (unpaired) electrons. The van der Waals surface area contributed by atoms with Crippen LogP contribution in [0.3, 0.4) is 0 Å². The predicted octanol–water partition coefficient (Wildman–Crippen LogP) is 1.99.